The number of methoxy groups -OCH3 is 2. The fourth-order valence-electron chi connectivity index (χ4n) is 4.21. The normalized spacial score (nSPS) is 12.0. The molecule has 0 spiro atoms. The van der Waals surface area contributed by atoms with E-state index in [1.54, 1.807) is 37.4 Å². The van der Waals surface area contributed by atoms with Gasteiger partial charge in [0.25, 0.3) is 0 Å². The van der Waals surface area contributed by atoms with Gasteiger partial charge in [-0.1, -0.05) is 19.1 Å². The molecule has 7 nitrogen and oxygen atoms in total. The van der Waals surface area contributed by atoms with Crippen molar-refractivity contribution in [2.75, 3.05) is 32.6 Å². The molecule has 11 heteroatoms. The first-order valence-corrected chi connectivity index (χ1v) is 14.1. The number of halogens is 3. The molecule has 0 bridgehead atoms. The lowest BCUT2D eigenvalue weighted by atomic mass is 10.1. The largest absolute Gasteiger partial charge is 0.493 e. The summed E-state index contributed by atoms with van der Waals surface area (Å²) in [4.78, 5) is 32.1. The molecule has 0 radical (unpaired) electrons. The second-order valence-corrected chi connectivity index (χ2v) is 11.0. The Morgan fingerprint density at radius 1 is 1.02 bits per heavy atom. The molecule has 1 heterocycles. The molecule has 0 saturated heterocycles. The third-order valence-electron chi connectivity index (χ3n) is 6.74. The van der Waals surface area contributed by atoms with Crippen molar-refractivity contribution in [2.45, 2.75) is 52.4 Å². The summed E-state index contributed by atoms with van der Waals surface area (Å²) in [7, 11) is 3.12. The van der Waals surface area contributed by atoms with Crippen LogP contribution in [0.3, 0.4) is 0 Å². The number of aryl methyl sites for hydroxylation is 1. The van der Waals surface area contributed by atoms with Gasteiger partial charge in [-0.15, -0.1) is 11.3 Å². The van der Waals surface area contributed by atoms with Crippen molar-refractivity contribution >= 4 is 29.0 Å². The maximum Gasteiger partial charge on any atom is 0.416 e. The van der Waals surface area contributed by atoms with E-state index in [0.717, 1.165) is 27.5 Å². The monoisotopic (exact) mass is 591 g/mol. The van der Waals surface area contributed by atoms with Crippen LogP contribution in [0, 0.1) is 6.92 Å². The first kappa shape index (κ1) is 31.8. The number of amides is 3. The molecular formula is C30H36F3N3O4S. The molecule has 3 aromatic rings. The summed E-state index contributed by atoms with van der Waals surface area (Å²) in [6.07, 6.45) is -3.45. The summed E-state index contributed by atoms with van der Waals surface area (Å²) < 4.78 is 50.3. The zero-order valence-corrected chi connectivity index (χ0v) is 24.7. The number of nitrogens with one attached hydrogen (secondary N) is 1. The zero-order valence-electron chi connectivity index (χ0n) is 23.9. The van der Waals surface area contributed by atoms with Crippen molar-refractivity contribution in [3.05, 3.63) is 75.5 Å². The van der Waals surface area contributed by atoms with Crippen LogP contribution in [-0.4, -0.2) is 55.1 Å². The molecule has 1 unspecified atom stereocenters. The Kier molecular flexibility index (Phi) is 11.0. The number of ether oxygens (including phenoxy) is 2. The van der Waals surface area contributed by atoms with Crippen molar-refractivity contribution < 1.29 is 32.2 Å². The highest BCUT2D eigenvalue weighted by molar-refractivity contribution is 7.11. The van der Waals surface area contributed by atoms with Crippen molar-refractivity contribution in [2.24, 2.45) is 0 Å². The Morgan fingerprint density at radius 3 is 2.37 bits per heavy atom. The molecule has 1 atom stereocenters. The number of carbonyl (C=O) groups excluding carboxylic acids is 2. The molecule has 0 aliphatic heterocycles. The Bertz CT molecular complexity index is 1330. The van der Waals surface area contributed by atoms with E-state index >= 15 is 0 Å². The number of rotatable bonds is 12. The van der Waals surface area contributed by atoms with Gasteiger partial charge >= 0.3 is 12.2 Å². The molecule has 0 fully saturated rings. The maximum absolute atomic E-state index is 13.7. The van der Waals surface area contributed by atoms with Gasteiger partial charge in [-0.25, -0.2) is 4.79 Å². The number of hydrogen-bond donors (Lipinski definition) is 1. The highest BCUT2D eigenvalue weighted by Gasteiger charge is 2.31. The number of carbonyl (C=O) groups is 2. The second-order valence-electron chi connectivity index (χ2n) is 9.66. The van der Waals surface area contributed by atoms with Crippen molar-refractivity contribution in [3.8, 4) is 11.5 Å². The van der Waals surface area contributed by atoms with Gasteiger partial charge in [0.1, 0.15) is 6.54 Å². The van der Waals surface area contributed by atoms with Gasteiger partial charge < -0.3 is 24.6 Å². The lowest BCUT2D eigenvalue weighted by Gasteiger charge is -2.31. The predicted molar refractivity (Wildman–Crippen MR) is 155 cm³/mol. The van der Waals surface area contributed by atoms with Crippen molar-refractivity contribution in [1.29, 1.82) is 0 Å². The zero-order chi connectivity index (χ0) is 30.2. The van der Waals surface area contributed by atoms with Crippen LogP contribution in [0.5, 0.6) is 11.5 Å². The molecule has 1 aromatic heterocycles. The molecule has 3 amide bonds. The Morgan fingerprint density at radius 2 is 1.76 bits per heavy atom. The quantitative estimate of drug-likeness (QED) is 0.246. The van der Waals surface area contributed by atoms with Crippen LogP contribution >= 0.6 is 11.3 Å². The average Bonchev–Trinajstić information content (AvgIpc) is 3.37. The Balaban J connectivity index is 1.80. The summed E-state index contributed by atoms with van der Waals surface area (Å²) in [5.74, 6) is 0.927. The van der Waals surface area contributed by atoms with Crippen molar-refractivity contribution in [3.63, 3.8) is 0 Å². The minimum atomic E-state index is -4.54. The van der Waals surface area contributed by atoms with E-state index in [1.807, 2.05) is 44.2 Å². The third kappa shape index (κ3) is 8.88. The van der Waals surface area contributed by atoms with Gasteiger partial charge in [-0.2, -0.15) is 13.2 Å². The molecule has 0 aliphatic carbocycles. The molecule has 0 saturated carbocycles. The van der Waals surface area contributed by atoms with E-state index in [1.165, 1.54) is 17.0 Å². The van der Waals surface area contributed by atoms with Crippen LogP contribution in [0.15, 0.2) is 54.6 Å². The number of benzene rings is 2. The summed E-state index contributed by atoms with van der Waals surface area (Å²) in [6.45, 7) is 6.20. The maximum atomic E-state index is 13.7. The van der Waals surface area contributed by atoms with Gasteiger partial charge in [-0.05, 0) is 74.7 Å². The number of nitrogens with zero attached hydrogens (tertiary/aromatic N) is 2. The van der Waals surface area contributed by atoms with E-state index in [9.17, 15) is 22.8 Å². The lowest BCUT2D eigenvalue weighted by Crippen LogP contribution is -2.48. The van der Waals surface area contributed by atoms with Crippen molar-refractivity contribution in [1.82, 2.24) is 9.80 Å². The van der Waals surface area contributed by atoms with Gasteiger partial charge in [-0.3, -0.25) is 4.79 Å². The fraction of sp³-hybridized carbons (Fsp3) is 0.400. The Labute approximate surface area is 242 Å². The van der Waals surface area contributed by atoms with Crippen LogP contribution in [0.25, 0.3) is 0 Å². The average molecular weight is 592 g/mol. The smallest absolute Gasteiger partial charge is 0.416 e. The van der Waals surface area contributed by atoms with Gasteiger partial charge in [0.15, 0.2) is 11.5 Å². The van der Waals surface area contributed by atoms with E-state index < -0.39 is 17.8 Å². The van der Waals surface area contributed by atoms with Crippen LogP contribution < -0.4 is 14.8 Å². The molecule has 222 valence electrons. The summed E-state index contributed by atoms with van der Waals surface area (Å²) >= 11 is 1.59. The predicted octanol–water partition coefficient (Wildman–Crippen LogP) is 7.00. The second kappa shape index (κ2) is 14.2. The molecule has 1 N–H and O–H groups in total. The summed E-state index contributed by atoms with van der Waals surface area (Å²) in [5, 5.41) is 2.54. The standard InChI is InChI=1S/C30H36F3N3O4S/c1-6-20(2)36(29(38)34-24-9-7-8-23(17-24)30(31,32)33)19-28(37)35(18-25-12-10-21(3)41-25)15-14-22-11-13-26(39-4)27(16-22)40-5/h7-13,16-17,20H,6,14-15,18-19H2,1-5H3,(H,34,38). The third-order valence-corrected chi connectivity index (χ3v) is 7.73. The van der Waals surface area contributed by atoms with Gasteiger partial charge in [0.2, 0.25) is 5.91 Å². The summed E-state index contributed by atoms with van der Waals surface area (Å²) in [6, 6.07) is 13.0. The van der Waals surface area contributed by atoms with E-state index in [2.05, 4.69) is 5.32 Å². The highest BCUT2D eigenvalue weighted by atomic mass is 32.1. The molecule has 2 aromatic carbocycles. The molecular weight excluding hydrogens is 555 g/mol. The molecule has 41 heavy (non-hydrogen) atoms. The minimum Gasteiger partial charge on any atom is -0.493 e. The van der Waals surface area contributed by atoms with Gasteiger partial charge in [0.05, 0.1) is 26.3 Å². The number of anilines is 1. The number of urea groups is 1. The van der Waals surface area contributed by atoms with Crippen LogP contribution in [-0.2, 0) is 23.9 Å². The SMILES string of the molecule is CCC(C)N(CC(=O)N(CCc1ccc(OC)c(OC)c1)Cc1ccc(C)s1)C(=O)Nc1cccc(C(F)(F)F)c1. The highest BCUT2D eigenvalue weighted by Crippen LogP contribution is 2.31. The van der Waals surface area contributed by atoms with E-state index in [4.69, 9.17) is 9.47 Å². The van der Waals surface area contributed by atoms with Crippen LogP contribution in [0.1, 0.15) is 41.1 Å². The first-order chi connectivity index (χ1) is 19.4. The topological polar surface area (TPSA) is 71.1 Å². The first-order valence-electron chi connectivity index (χ1n) is 13.2. The van der Waals surface area contributed by atoms with E-state index in [-0.39, 0.29) is 24.2 Å². The summed E-state index contributed by atoms with van der Waals surface area (Å²) in [5.41, 5.74) is 0.0860. The number of hydrogen-bond acceptors (Lipinski definition) is 5. The van der Waals surface area contributed by atoms with E-state index in [0.29, 0.717) is 37.4 Å². The number of thiophene rings is 1. The van der Waals surface area contributed by atoms with Gasteiger partial charge in [0, 0.05) is 28.0 Å². The van der Waals surface area contributed by atoms with Crippen LogP contribution in [0.4, 0.5) is 23.7 Å². The lowest BCUT2D eigenvalue weighted by molar-refractivity contribution is -0.137. The van der Waals surface area contributed by atoms with Crippen LogP contribution in [0.2, 0.25) is 0 Å². The molecule has 0 aliphatic rings. The number of alkyl halides is 3. The minimum absolute atomic E-state index is 0.00458. The molecule has 3 rings (SSSR count). The Hall–Kier alpha value is -3.73. The fourth-order valence-corrected chi connectivity index (χ4v) is 5.12.